The Kier molecular flexibility index (Phi) is 16.4. The summed E-state index contributed by atoms with van der Waals surface area (Å²) >= 11 is 7.99. The smallest absolute Gasteiger partial charge is 0.293 e. The average molecular weight is 1000 g/mol. The van der Waals surface area contributed by atoms with E-state index in [1.165, 1.54) is 25.0 Å². The van der Waals surface area contributed by atoms with Gasteiger partial charge in [0.1, 0.15) is 5.69 Å². The molecule has 2 aliphatic heterocycles. The molecule has 70 heavy (non-hydrogen) atoms. The summed E-state index contributed by atoms with van der Waals surface area (Å²) in [5.41, 5.74) is 7.63. The van der Waals surface area contributed by atoms with Crippen LogP contribution in [0.5, 0.6) is 0 Å². The molecule has 2 fully saturated rings. The molecule has 0 spiro atoms. The zero-order valence-electron chi connectivity index (χ0n) is 40.2. The largest absolute Gasteiger partial charge is 0.376 e. The Hall–Kier alpha value is -6.04. The normalized spacial score (nSPS) is 14.8. The number of halogens is 1. The number of carbonyl (C=O) groups excluding carboxylic acids is 1. The van der Waals surface area contributed by atoms with Gasteiger partial charge in [-0.1, -0.05) is 54.1 Å². The van der Waals surface area contributed by atoms with Crippen LogP contribution in [0.15, 0.2) is 131 Å². The lowest BCUT2D eigenvalue weighted by Gasteiger charge is -2.37. The number of likely N-dealkylation sites (tertiary alicyclic amines) is 1. The molecule has 5 aromatic carbocycles. The van der Waals surface area contributed by atoms with Crippen molar-refractivity contribution < 1.29 is 18.1 Å². The first kappa shape index (κ1) is 50.4. The van der Waals surface area contributed by atoms with E-state index < -0.39 is 14.9 Å². The van der Waals surface area contributed by atoms with Gasteiger partial charge in [-0.2, -0.15) is 0 Å². The Labute approximate surface area is 421 Å². The maximum atomic E-state index is 14.1. The van der Waals surface area contributed by atoms with Crippen molar-refractivity contribution in [2.24, 2.45) is 7.05 Å². The highest BCUT2D eigenvalue weighted by Gasteiger charge is 2.28. The van der Waals surface area contributed by atoms with E-state index in [4.69, 9.17) is 11.6 Å². The molecule has 368 valence electrons. The molecule has 6 aromatic rings. The second kappa shape index (κ2) is 22.8. The number of aromatic nitrogens is 1. The summed E-state index contributed by atoms with van der Waals surface area (Å²) in [4.78, 5) is 35.9. The van der Waals surface area contributed by atoms with E-state index in [0.717, 1.165) is 109 Å². The number of sulfonamides is 1. The summed E-state index contributed by atoms with van der Waals surface area (Å²) in [5, 5.41) is 19.6. The van der Waals surface area contributed by atoms with Gasteiger partial charge < -0.3 is 34.8 Å². The highest BCUT2D eigenvalue weighted by Crippen LogP contribution is 2.41. The number of hydrogen-bond donors (Lipinski definition) is 3. The van der Waals surface area contributed by atoms with Gasteiger partial charge in [0, 0.05) is 102 Å². The zero-order chi connectivity index (χ0) is 49.4. The van der Waals surface area contributed by atoms with Gasteiger partial charge in [-0.3, -0.25) is 19.6 Å². The number of piperazine rings is 1. The third kappa shape index (κ3) is 12.3. The number of thioether (sulfide) groups is 1. The lowest BCUT2D eigenvalue weighted by atomic mass is 9.95. The minimum atomic E-state index is -4.16. The molecule has 1 amide bonds. The van der Waals surface area contributed by atoms with E-state index in [1.54, 1.807) is 23.9 Å². The SMILES string of the molecule is Cc1c(C(=O)NCCN2CCCC2)c(-c2cccc(N3CCN(c4ccc(NS(=O)(=O)c5ccc(NC(CCN(C)C)CSc6ccccc6)c([N+](=O)[O-])c5)cc4)CC3)c2)c(-c2ccc(Cl)cc2)n1C. The first-order valence-electron chi connectivity index (χ1n) is 23.8. The molecule has 17 heteroatoms. The lowest BCUT2D eigenvalue weighted by molar-refractivity contribution is -0.384. The molecule has 0 radical (unpaired) electrons. The first-order chi connectivity index (χ1) is 33.7. The van der Waals surface area contributed by atoms with Crippen LogP contribution in [-0.2, 0) is 17.1 Å². The third-order valence-corrected chi connectivity index (χ3v) is 16.0. The van der Waals surface area contributed by atoms with Crippen molar-refractivity contribution in [3.63, 3.8) is 0 Å². The molecule has 0 aliphatic carbocycles. The highest BCUT2D eigenvalue weighted by molar-refractivity contribution is 7.99. The van der Waals surface area contributed by atoms with Crippen molar-refractivity contribution in [1.29, 1.82) is 0 Å². The Bertz CT molecular complexity index is 2870. The zero-order valence-corrected chi connectivity index (χ0v) is 42.6. The number of carbonyl (C=O) groups is 1. The van der Waals surface area contributed by atoms with E-state index in [2.05, 4.69) is 63.8 Å². The summed E-state index contributed by atoms with van der Waals surface area (Å²) in [6, 6.07) is 37.3. The number of rotatable bonds is 20. The first-order valence-corrected chi connectivity index (χ1v) is 26.7. The number of nitrogens with one attached hydrogen (secondary N) is 3. The summed E-state index contributed by atoms with van der Waals surface area (Å²) in [5.74, 6) is 0.584. The summed E-state index contributed by atoms with van der Waals surface area (Å²) in [6.45, 7) is 9.27. The molecule has 3 heterocycles. The number of nitro groups is 1. The second-order valence-electron chi connectivity index (χ2n) is 18.2. The van der Waals surface area contributed by atoms with Gasteiger partial charge in [-0.05, 0) is 144 Å². The second-order valence-corrected chi connectivity index (χ2v) is 21.4. The van der Waals surface area contributed by atoms with Crippen molar-refractivity contribution in [2.75, 3.05) is 98.6 Å². The van der Waals surface area contributed by atoms with E-state index in [0.29, 0.717) is 28.6 Å². The predicted molar refractivity (Wildman–Crippen MR) is 287 cm³/mol. The van der Waals surface area contributed by atoms with Crippen LogP contribution in [-0.4, -0.2) is 118 Å². The Morgan fingerprint density at radius 2 is 1.51 bits per heavy atom. The van der Waals surface area contributed by atoms with Crippen LogP contribution in [0.3, 0.4) is 0 Å². The van der Waals surface area contributed by atoms with Gasteiger partial charge in [0.15, 0.2) is 0 Å². The molecule has 2 saturated heterocycles. The minimum Gasteiger partial charge on any atom is -0.376 e. The molecule has 1 aromatic heterocycles. The lowest BCUT2D eigenvalue weighted by Crippen LogP contribution is -2.46. The van der Waals surface area contributed by atoms with Crippen molar-refractivity contribution in [1.82, 2.24) is 19.7 Å². The van der Waals surface area contributed by atoms with E-state index >= 15 is 0 Å². The molecule has 14 nitrogen and oxygen atoms in total. The van der Waals surface area contributed by atoms with Gasteiger partial charge in [0.2, 0.25) is 0 Å². The molecule has 1 atom stereocenters. The fourth-order valence-electron chi connectivity index (χ4n) is 9.26. The topological polar surface area (TPSA) is 148 Å². The fraction of sp³-hybridized carbons (Fsp3) is 0.340. The molecule has 3 N–H and O–H groups in total. The Morgan fingerprint density at radius 3 is 2.19 bits per heavy atom. The van der Waals surface area contributed by atoms with Crippen LogP contribution in [0.4, 0.5) is 28.4 Å². The monoisotopic (exact) mass is 1000 g/mol. The molecule has 0 bridgehead atoms. The number of anilines is 4. The van der Waals surface area contributed by atoms with Crippen LogP contribution in [0.25, 0.3) is 22.4 Å². The summed E-state index contributed by atoms with van der Waals surface area (Å²) in [6.07, 6.45) is 3.14. The molecular formula is C53H62ClN9O5S2. The van der Waals surface area contributed by atoms with Gasteiger partial charge in [-0.15, -0.1) is 11.8 Å². The van der Waals surface area contributed by atoms with Gasteiger partial charge in [0.05, 0.1) is 21.1 Å². The van der Waals surface area contributed by atoms with Crippen molar-refractivity contribution in [3.8, 4) is 22.4 Å². The number of amides is 1. The molecular weight excluding hydrogens is 942 g/mol. The minimum absolute atomic E-state index is 0.0829. The van der Waals surface area contributed by atoms with Crippen molar-refractivity contribution in [2.45, 2.75) is 42.0 Å². The third-order valence-electron chi connectivity index (χ3n) is 13.2. The summed E-state index contributed by atoms with van der Waals surface area (Å²) in [7, 11) is 1.81. The highest BCUT2D eigenvalue weighted by atomic mass is 35.5. The maximum Gasteiger partial charge on any atom is 0.293 e. The maximum absolute atomic E-state index is 14.1. The van der Waals surface area contributed by atoms with Crippen LogP contribution < -0.4 is 25.2 Å². The van der Waals surface area contributed by atoms with Crippen LogP contribution in [0, 0.1) is 17.0 Å². The predicted octanol–water partition coefficient (Wildman–Crippen LogP) is 9.71. The fourth-order valence-corrected chi connectivity index (χ4v) is 11.5. The quantitative estimate of drug-likeness (QED) is 0.0382. The molecule has 0 saturated carbocycles. The Balaban J connectivity index is 0.929. The Morgan fingerprint density at radius 1 is 0.829 bits per heavy atom. The van der Waals surface area contributed by atoms with Gasteiger partial charge in [0.25, 0.3) is 21.6 Å². The number of benzene rings is 5. The number of hydrogen-bond acceptors (Lipinski definition) is 11. The van der Waals surface area contributed by atoms with E-state index in [9.17, 15) is 23.3 Å². The van der Waals surface area contributed by atoms with Crippen LogP contribution in [0.2, 0.25) is 5.02 Å². The van der Waals surface area contributed by atoms with Gasteiger partial charge >= 0.3 is 0 Å². The number of nitro benzene ring substituents is 1. The standard InChI is InChI=1S/C53H62ClN9O5S2/c1-38-50(53(64)55-26-30-60-27-8-9-28-60)51(52(59(38)4)39-15-17-41(54)18-16-39)40-11-10-12-45(35-40)62-33-31-61(32-34-62)44-21-19-42(20-22-44)57-70(67,68)47-23-24-48(49(36-47)63(65)66)56-43(25-29-58(2)3)37-69-46-13-6-5-7-14-46/h5-7,10-24,35-36,43,56-57H,8-9,25-34,37H2,1-4H3,(H,55,64). The van der Waals surface area contributed by atoms with Crippen molar-refractivity contribution in [3.05, 3.63) is 148 Å². The molecule has 1 unspecified atom stereocenters. The average Bonchev–Trinajstić information content (AvgIpc) is 3.98. The van der Waals surface area contributed by atoms with E-state index in [1.807, 2.05) is 94.8 Å². The van der Waals surface area contributed by atoms with Crippen molar-refractivity contribution >= 4 is 67.7 Å². The number of nitrogens with zero attached hydrogens (tertiary/aromatic N) is 6. The molecule has 2 aliphatic rings. The van der Waals surface area contributed by atoms with Gasteiger partial charge in [-0.25, -0.2) is 8.42 Å². The van der Waals surface area contributed by atoms with Crippen LogP contribution in [0.1, 0.15) is 35.3 Å². The molecule has 8 rings (SSSR count). The van der Waals surface area contributed by atoms with Crippen LogP contribution >= 0.6 is 23.4 Å². The summed E-state index contributed by atoms with van der Waals surface area (Å²) < 4.78 is 32.1. The van der Waals surface area contributed by atoms with E-state index in [-0.39, 0.29) is 28.2 Å².